The molecule has 0 saturated carbocycles. The summed E-state index contributed by atoms with van der Waals surface area (Å²) in [5.74, 6) is -2.02. The third-order valence-corrected chi connectivity index (χ3v) is 6.75. The highest BCUT2D eigenvalue weighted by atomic mass is 19.3. The van der Waals surface area contributed by atoms with Crippen LogP contribution < -0.4 is 0 Å². The molecule has 0 amide bonds. The van der Waals surface area contributed by atoms with E-state index in [-0.39, 0.29) is 13.0 Å². The van der Waals surface area contributed by atoms with Gasteiger partial charge in [0.25, 0.3) is 5.92 Å². The zero-order valence-electron chi connectivity index (χ0n) is 20.1. The molecule has 1 aliphatic rings. The number of imidazole rings is 1. The van der Waals surface area contributed by atoms with Gasteiger partial charge in [0.2, 0.25) is 0 Å². The highest BCUT2D eigenvalue weighted by Gasteiger charge is 2.37. The number of hydrogen-bond acceptors (Lipinski definition) is 7. The number of alkyl halides is 2. The molecule has 6 aromatic heterocycles. The van der Waals surface area contributed by atoms with Crippen LogP contribution >= 0.6 is 0 Å². The molecular formula is C27H21F2N9. The van der Waals surface area contributed by atoms with Crippen LogP contribution in [0.4, 0.5) is 8.78 Å². The normalized spacial score (nSPS) is 15.5. The molecule has 0 bridgehead atoms. The van der Waals surface area contributed by atoms with Crippen molar-refractivity contribution in [3.05, 3.63) is 73.1 Å². The Morgan fingerprint density at radius 1 is 0.921 bits per heavy atom. The quantitative estimate of drug-likeness (QED) is 0.341. The van der Waals surface area contributed by atoms with Crippen LogP contribution in [0.3, 0.4) is 0 Å². The molecule has 188 valence electrons. The maximum absolute atomic E-state index is 13.6. The largest absolute Gasteiger partial charge is 0.336 e. The molecule has 2 N–H and O–H groups in total. The standard InChI is InChI=1S/C27H21F2N9/c28-27(29)4-7-38(15-27)14-16-8-18(12-31-10-16)21-9-19-22(13-33-21)36-37-24(19)26-34-20-3-6-32-23(25(20)35-26)17-2-1-5-30-11-17/h1-3,5-6,8-13H,4,7,14-15H2,(H,34,35)(H,36,37). The molecule has 38 heavy (non-hydrogen) atoms. The van der Waals surface area contributed by atoms with E-state index in [0.29, 0.717) is 30.3 Å². The van der Waals surface area contributed by atoms with Crippen LogP contribution in [0.5, 0.6) is 0 Å². The molecule has 9 nitrogen and oxygen atoms in total. The average molecular weight is 510 g/mol. The predicted molar refractivity (Wildman–Crippen MR) is 138 cm³/mol. The highest BCUT2D eigenvalue weighted by molar-refractivity contribution is 5.96. The lowest BCUT2D eigenvalue weighted by molar-refractivity contribution is 0.0115. The minimum absolute atomic E-state index is 0.108. The monoisotopic (exact) mass is 509 g/mol. The van der Waals surface area contributed by atoms with E-state index >= 15 is 0 Å². The number of rotatable bonds is 5. The van der Waals surface area contributed by atoms with E-state index < -0.39 is 5.92 Å². The summed E-state index contributed by atoms with van der Waals surface area (Å²) in [6.45, 7) is 0.562. The lowest BCUT2D eigenvalue weighted by Gasteiger charge is -2.15. The third kappa shape index (κ3) is 4.06. The molecule has 7 heterocycles. The summed E-state index contributed by atoms with van der Waals surface area (Å²) in [7, 11) is 0. The molecule has 7 rings (SSSR count). The molecule has 0 unspecified atom stereocenters. The van der Waals surface area contributed by atoms with Crippen molar-refractivity contribution < 1.29 is 8.78 Å². The number of nitrogens with zero attached hydrogens (tertiary/aromatic N) is 7. The van der Waals surface area contributed by atoms with Gasteiger partial charge in [-0.05, 0) is 35.9 Å². The fourth-order valence-corrected chi connectivity index (χ4v) is 4.93. The van der Waals surface area contributed by atoms with Gasteiger partial charge in [0.1, 0.15) is 11.2 Å². The second kappa shape index (κ2) is 8.73. The minimum atomic E-state index is -2.62. The molecule has 1 saturated heterocycles. The van der Waals surface area contributed by atoms with Crippen molar-refractivity contribution in [3.63, 3.8) is 0 Å². The topological polar surface area (TPSA) is 112 Å². The van der Waals surface area contributed by atoms with Gasteiger partial charge in [-0.2, -0.15) is 5.10 Å². The average Bonchev–Trinajstić information content (AvgIpc) is 3.64. The Bertz CT molecular complexity index is 1780. The fraction of sp³-hybridized carbons (Fsp3) is 0.185. The summed E-state index contributed by atoms with van der Waals surface area (Å²) >= 11 is 0. The molecule has 0 radical (unpaired) electrons. The van der Waals surface area contributed by atoms with Crippen LogP contribution in [0, 0.1) is 0 Å². The molecule has 1 aliphatic heterocycles. The zero-order chi connectivity index (χ0) is 25.7. The van der Waals surface area contributed by atoms with Crippen molar-refractivity contribution in [2.24, 2.45) is 0 Å². The third-order valence-electron chi connectivity index (χ3n) is 6.75. The molecule has 6 aromatic rings. The van der Waals surface area contributed by atoms with Crippen LogP contribution in [0.2, 0.25) is 0 Å². The first kappa shape index (κ1) is 22.5. The zero-order valence-corrected chi connectivity index (χ0v) is 20.1. The summed E-state index contributed by atoms with van der Waals surface area (Å²) in [4.78, 5) is 27.6. The van der Waals surface area contributed by atoms with E-state index in [4.69, 9.17) is 4.98 Å². The maximum Gasteiger partial charge on any atom is 0.261 e. The number of aromatic amines is 2. The van der Waals surface area contributed by atoms with Crippen molar-refractivity contribution in [3.8, 4) is 34.0 Å². The van der Waals surface area contributed by atoms with Gasteiger partial charge in [0, 0.05) is 67.0 Å². The molecular weight excluding hydrogens is 488 g/mol. The van der Waals surface area contributed by atoms with Crippen molar-refractivity contribution in [2.75, 3.05) is 13.1 Å². The van der Waals surface area contributed by atoms with Gasteiger partial charge < -0.3 is 4.98 Å². The molecule has 1 fully saturated rings. The SMILES string of the molecule is FC1(F)CCN(Cc2cncc(-c3cc4c(-c5nc6c(-c7cccnc7)nccc6[nH]5)n[nH]c4cn3)c2)C1. The van der Waals surface area contributed by atoms with Crippen LogP contribution in [-0.2, 0) is 6.54 Å². The second-order valence-electron chi connectivity index (χ2n) is 9.47. The van der Waals surface area contributed by atoms with E-state index in [1.165, 1.54) is 0 Å². The Morgan fingerprint density at radius 3 is 2.68 bits per heavy atom. The van der Waals surface area contributed by atoms with E-state index in [1.807, 2.05) is 30.3 Å². The van der Waals surface area contributed by atoms with Crippen molar-refractivity contribution >= 4 is 21.9 Å². The Hall–Kier alpha value is -4.64. The highest BCUT2D eigenvalue weighted by Crippen LogP contribution is 2.32. The van der Waals surface area contributed by atoms with Gasteiger partial charge >= 0.3 is 0 Å². The van der Waals surface area contributed by atoms with E-state index in [0.717, 1.165) is 44.3 Å². The van der Waals surface area contributed by atoms with Gasteiger partial charge in [-0.1, -0.05) is 0 Å². The lowest BCUT2D eigenvalue weighted by Crippen LogP contribution is -2.24. The summed E-state index contributed by atoms with van der Waals surface area (Å²) in [6.07, 6.45) is 10.3. The second-order valence-corrected chi connectivity index (χ2v) is 9.47. The van der Waals surface area contributed by atoms with Crippen LogP contribution in [0.25, 0.3) is 56.0 Å². The minimum Gasteiger partial charge on any atom is -0.336 e. The lowest BCUT2D eigenvalue weighted by atomic mass is 10.1. The molecule has 0 aliphatic carbocycles. The number of H-pyrrole nitrogens is 2. The number of hydrogen-bond donors (Lipinski definition) is 2. The van der Waals surface area contributed by atoms with E-state index in [1.54, 1.807) is 42.1 Å². The fourth-order valence-electron chi connectivity index (χ4n) is 4.93. The van der Waals surface area contributed by atoms with Gasteiger partial charge in [-0.3, -0.25) is 29.9 Å². The Kier molecular flexibility index (Phi) is 5.18. The Labute approximate surface area is 215 Å². The number of halogens is 2. The first-order valence-electron chi connectivity index (χ1n) is 12.2. The van der Waals surface area contributed by atoms with Crippen LogP contribution in [0.1, 0.15) is 12.0 Å². The molecule has 0 spiro atoms. The number of pyridine rings is 4. The van der Waals surface area contributed by atoms with Gasteiger partial charge in [0.15, 0.2) is 5.82 Å². The first-order chi connectivity index (χ1) is 18.5. The summed E-state index contributed by atoms with van der Waals surface area (Å²) in [5.41, 5.74) is 6.96. The smallest absolute Gasteiger partial charge is 0.261 e. The van der Waals surface area contributed by atoms with Crippen molar-refractivity contribution in [1.29, 1.82) is 0 Å². The Morgan fingerprint density at radius 2 is 1.84 bits per heavy atom. The van der Waals surface area contributed by atoms with Crippen molar-refractivity contribution in [1.82, 2.24) is 45.0 Å². The number of nitrogens with one attached hydrogen (secondary N) is 2. The first-order valence-corrected chi connectivity index (χ1v) is 12.2. The van der Waals surface area contributed by atoms with Crippen molar-refractivity contribution in [2.45, 2.75) is 18.9 Å². The summed E-state index contributed by atoms with van der Waals surface area (Å²) in [6, 6.07) is 9.57. The molecule has 0 atom stereocenters. The van der Waals surface area contributed by atoms with E-state index in [2.05, 4.69) is 35.1 Å². The molecule has 0 aromatic carbocycles. The Balaban J connectivity index is 1.24. The molecule has 11 heteroatoms. The van der Waals surface area contributed by atoms with Crippen LogP contribution in [-0.4, -0.2) is 64.0 Å². The van der Waals surface area contributed by atoms with E-state index in [9.17, 15) is 8.78 Å². The maximum atomic E-state index is 13.6. The summed E-state index contributed by atoms with van der Waals surface area (Å²) < 4.78 is 27.2. The van der Waals surface area contributed by atoms with Gasteiger partial charge in [0.05, 0.1) is 35.2 Å². The van der Waals surface area contributed by atoms with Gasteiger partial charge in [-0.15, -0.1) is 0 Å². The van der Waals surface area contributed by atoms with Crippen LogP contribution in [0.15, 0.2) is 67.5 Å². The van der Waals surface area contributed by atoms with Gasteiger partial charge in [-0.25, -0.2) is 13.8 Å². The number of likely N-dealkylation sites (tertiary alicyclic amines) is 1. The summed E-state index contributed by atoms with van der Waals surface area (Å²) in [5, 5.41) is 8.39. The predicted octanol–water partition coefficient (Wildman–Crippen LogP) is 4.86. The number of aromatic nitrogens is 8. The number of fused-ring (bicyclic) bond motifs is 2.